The molecule has 3 N–H and O–H groups in total. The van der Waals surface area contributed by atoms with Crippen molar-refractivity contribution in [2.75, 3.05) is 13.2 Å². The van der Waals surface area contributed by atoms with Gasteiger partial charge in [-0.3, -0.25) is 4.79 Å². The Morgan fingerprint density at radius 1 is 1.42 bits per heavy atom. The molecule has 1 aliphatic carbocycles. The summed E-state index contributed by atoms with van der Waals surface area (Å²) in [4.78, 5) is 11.6. The van der Waals surface area contributed by atoms with E-state index in [9.17, 15) is 4.79 Å². The maximum Gasteiger partial charge on any atom is 0.258 e. The molecule has 0 spiro atoms. The lowest BCUT2D eigenvalue weighted by Crippen LogP contribution is -2.30. The number of hydrogen-bond donors (Lipinski definition) is 2. The summed E-state index contributed by atoms with van der Waals surface area (Å²) in [6.45, 7) is 0.413. The predicted octanol–water partition coefficient (Wildman–Crippen LogP) is 2.15. The molecule has 19 heavy (non-hydrogen) atoms. The average Bonchev–Trinajstić information content (AvgIpc) is 3.12. The third-order valence-corrected chi connectivity index (χ3v) is 3.29. The van der Waals surface area contributed by atoms with Gasteiger partial charge in [-0.2, -0.15) is 0 Å². The van der Waals surface area contributed by atoms with Crippen molar-refractivity contribution in [1.29, 1.82) is 0 Å². The molecule has 1 amide bonds. The topological polar surface area (TPSA) is 64.3 Å². The Balaban J connectivity index is 2.02. The molecule has 1 aromatic rings. The van der Waals surface area contributed by atoms with Gasteiger partial charge in [0.1, 0.15) is 5.75 Å². The van der Waals surface area contributed by atoms with E-state index < -0.39 is 0 Å². The third kappa shape index (κ3) is 4.27. The Morgan fingerprint density at radius 2 is 2.16 bits per heavy atom. The second kappa shape index (κ2) is 6.46. The van der Waals surface area contributed by atoms with Crippen LogP contribution in [0.5, 0.6) is 5.75 Å². The number of ether oxygens (including phenoxy) is 1. The normalized spacial score (nSPS) is 14.3. The quantitative estimate of drug-likeness (QED) is 0.846. The van der Waals surface area contributed by atoms with E-state index in [1.54, 1.807) is 12.1 Å². The van der Waals surface area contributed by atoms with Crippen LogP contribution in [0.25, 0.3) is 0 Å². The molecule has 4 nitrogen and oxygen atoms in total. The molecule has 0 atom stereocenters. The van der Waals surface area contributed by atoms with Crippen LogP contribution < -0.4 is 15.8 Å². The van der Waals surface area contributed by atoms with Gasteiger partial charge in [-0.1, -0.05) is 23.2 Å². The van der Waals surface area contributed by atoms with Crippen molar-refractivity contribution in [3.8, 4) is 5.75 Å². The molecule has 0 aliphatic heterocycles. The Labute approximate surface area is 122 Å². The predicted molar refractivity (Wildman–Crippen MR) is 75.9 cm³/mol. The summed E-state index contributed by atoms with van der Waals surface area (Å²) in [6.07, 6.45) is 2.69. The molecule has 1 fully saturated rings. The standard InChI is InChI=1S/C13H16Cl2N2O2/c14-9-5-8(3-4-16)13(11(15)6-9)19-7-12(18)17-10-1-2-10/h5-6,10H,1-4,7,16H2,(H,17,18). The van der Waals surface area contributed by atoms with E-state index in [2.05, 4.69) is 5.32 Å². The summed E-state index contributed by atoms with van der Waals surface area (Å²) in [5.74, 6) is 0.356. The van der Waals surface area contributed by atoms with Crippen LogP contribution >= 0.6 is 23.2 Å². The van der Waals surface area contributed by atoms with Gasteiger partial charge >= 0.3 is 0 Å². The number of halogens is 2. The Morgan fingerprint density at radius 3 is 2.79 bits per heavy atom. The van der Waals surface area contributed by atoms with Gasteiger partial charge in [0.15, 0.2) is 6.61 Å². The Kier molecular flexibility index (Phi) is 4.91. The van der Waals surface area contributed by atoms with E-state index in [0.717, 1.165) is 18.4 Å². The number of carbonyl (C=O) groups is 1. The lowest BCUT2D eigenvalue weighted by atomic mass is 10.1. The first-order valence-electron chi connectivity index (χ1n) is 6.20. The lowest BCUT2D eigenvalue weighted by molar-refractivity contribution is -0.123. The first-order valence-corrected chi connectivity index (χ1v) is 6.96. The van der Waals surface area contributed by atoms with Crippen LogP contribution in [0.3, 0.4) is 0 Å². The van der Waals surface area contributed by atoms with Crippen molar-refractivity contribution in [2.24, 2.45) is 5.73 Å². The molecule has 1 aliphatic rings. The van der Waals surface area contributed by atoms with Crippen molar-refractivity contribution < 1.29 is 9.53 Å². The highest BCUT2D eigenvalue weighted by Gasteiger charge is 2.23. The van der Waals surface area contributed by atoms with Gasteiger partial charge < -0.3 is 15.8 Å². The van der Waals surface area contributed by atoms with Crippen LogP contribution in [0.1, 0.15) is 18.4 Å². The van der Waals surface area contributed by atoms with Crippen LogP contribution in [-0.2, 0) is 11.2 Å². The average molecular weight is 303 g/mol. The molecule has 1 aromatic carbocycles. The molecule has 0 unspecified atom stereocenters. The number of nitrogens with one attached hydrogen (secondary N) is 1. The summed E-state index contributed by atoms with van der Waals surface area (Å²) in [7, 11) is 0. The third-order valence-electron chi connectivity index (χ3n) is 2.79. The number of hydrogen-bond acceptors (Lipinski definition) is 3. The number of carbonyl (C=O) groups excluding carboxylic acids is 1. The minimum Gasteiger partial charge on any atom is -0.482 e. The summed E-state index contributed by atoms with van der Waals surface area (Å²) in [6, 6.07) is 3.67. The van der Waals surface area contributed by atoms with E-state index in [0.29, 0.717) is 34.8 Å². The van der Waals surface area contributed by atoms with Gasteiger partial charge in [-0.25, -0.2) is 0 Å². The van der Waals surface area contributed by atoms with Gasteiger partial charge in [0.2, 0.25) is 0 Å². The first-order chi connectivity index (χ1) is 9.10. The number of rotatable bonds is 6. The van der Waals surface area contributed by atoms with Crippen molar-refractivity contribution >= 4 is 29.1 Å². The fourth-order valence-electron chi connectivity index (χ4n) is 1.75. The fraction of sp³-hybridized carbons (Fsp3) is 0.462. The summed E-state index contributed by atoms with van der Waals surface area (Å²) in [5, 5.41) is 3.78. The highest BCUT2D eigenvalue weighted by Crippen LogP contribution is 2.32. The summed E-state index contributed by atoms with van der Waals surface area (Å²) >= 11 is 12.0. The highest BCUT2D eigenvalue weighted by atomic mass is 35.5. The monoisotopic (exact) mass is 302 g/mol. The molecule has 1 saturated carbocycles. The molecule has 6 heteroatoms. The van der Waals surface area contributed by atoms with Crippen molar-refractivity contribution in [3.05, 3.63) is 27.7 Å². The minimum atomic E-state index is -0.132. The van der Waals surface area contributed by atoms with Crippen LogP contribution in [0.4, 0.5) is 0 Å². The van der Waals surface area contributed by atoms with Crippen LogP contribution in [-0.4, -0.2) is 25.1 Å². The molecule has 0 radical (unpaired) electrons. The fourth-order valence-corrected chi connectivity index (χ4v) is 2.34. The zero-order valence-electron chi connectivity index (χ0n) is 10.4. The van der Waals surface area contributed by atoms with Crippen molar-refractivity contribution in [3.63, 3.8) is 0 Å². The second-order valence-corrected chi connectivity index (χ2v) is 5.39. The molecular formula is C13H16Cl2N2O2. The van der Waals surface area contributed by atoms with Crippen LogP contribution in [0.2, 0.25) is 10.0 Å². The van der Waals surface area contributed by atoms with E-state index >= 15 is 0 Å². The minimum absolute atomic E-state index is 0.0462. The number of benzene rings is 1. The van der Waals surface area contributed by atoms with Crippen LogP contribution in [0, 0.1) is 0 Å². The molecule has 104 valence electrons. The van der Waals surface area contributed by atoms with Gasteiger partial charge in [0.05, 0.1) is 5.02 Å². The Hall–Kier alpha value is -0.970. The number of amides is 1. The Bertz CT molecular complexity index is 476. The zero-order valence-corrected chi connectivity index (χ0v) is 11.9. The summed E-state index contributed by atoms with van der Waals surface area (Å²) < 4.78 is 5.51. The highest BCUT2D eigenvalue weighted by molar-refractivity contribution is 6.35. The van der Waals surface area contributed by atoms with E-state index in [1.807, 2.05) is 0 Å². The smallest absolute Gasteiger partial charge is 0.258 e. The summed E-state index contributed by atoms with van der Waals surface area (Å²) in [5.41, 5.74) is 6.36. The molecular weight excluding hydrogens is 287 g/mol. The molecule has 0 bridgehead atoms. The lowest BCUT2D eigenvalue weighted by Gasteiger charge is -2.13. The van der Waals surface area contributed by atoms with Gasteiger partial charge in [0, 0.05) is 11.1 Å². The second-order valence-electron chi connectivity index (χ2n) is 4.54. The zero-order chi connectivity index (χ0) is 13.8. The van der Waals surface area contributed by atoms with E-state index in [-0.39, 0.29) is 12.5 Å². The maximum atomic E-state index is 11.6. The van der Waals surface area contributed by atoms with Gasteiger partial charge in [0.25, 0.3) is 5.91 Å². The maximum absolute atomic E-state index is 11.6. The molecule has 0 heterocycles. The van der Waals surface area contributed by atoms with E-state index in [1.165, 1.54) is 0 Å². The first kappa shape index (κ1) is 14.4. The van der Waals surface area contributed by atoms with E-state index in [4.69, 9.17) is 33.7 Å². The van der Waals surface area contributed by atoms with Gasteiger partial charge in [-0.15, -0.1) is 0 Å². The van der Waals surface area contributed by atoms with Crippen LogP contribution in [0.15, 0.2) is 12.1 Å². The largest absolute Gasteiger partial charge is 0.482 e. The SMILES string of the molecule is NCCc1cc(Cl)cc(Cl)c1OCC(=O)NC1CC1. The van der Waals surface area contributed by atoms with Crippen molar-refractivity contribution in [1.82, 2.24) is 5.32 Å². The molecule has 2 rings (SSSR count). The molecule has 0 aromatic heterocycles. The number of nitrogens with two attached hydrogens (primary N) is 1. The molecule has 0 saturated heterocycles. The van der Waals surface area contributed by atoms with Crippen molar-refractivity contribution in [2.45, 2.75) is 25.3 Å². The van der Waals surface area contributed by atoms with Gasteiger partial charge in [-0.05, 0) is 43.5 Å².